The van der Waals surface area contributed by atoms with Gasteiger partial charge in [0.2, 0.25) is 5.88 Å². The van der Waals surface area contributed by atoms with Gasteiger partial charge in [0, 0.05) is 17.2 Å². The minimum atomic E-state index is -0.399. The van der Waals surface area contributed by atoms with Crippen LogP contribution in [0.1, 0.15) is 32.0 Å². The number of aromatic nitrogens is 1. The first-order chi connectivity index (χ1) is 12.9. The SMILES string of the molecule is CC(C)(C)c1cc(NC(=O)Nc2ccc(OCc3ccccc3)cc2)on1. The number of nitrogens with one attached hydrogen (secondary N) is 2. The van der Waals surface area contributed by atoms with Crippen LogP contribution in [0.25, 0.3) is 0 Å². The fourth-order valence-corrected chi connectivity index (χ4v) is 2.34. The van der Waals surface area contributed by atoms with E-state index in [4.69, 9.17) is 9.26 Å². The molecule has 1 aromatic heterocycles. The summed E-state index contributed by atoms with van der Waals surface area (Å²) in [6.45, 7) is 6.57. The summed E-state index contributed by atoms with van der Waals surface area (Å²) in [7, 11) is 0. The zero-order valence-corrected chi connectivity index (χ0v) is 15.7. The van der Waals surface area contributed by atoms with Crippen molar-refractivity contribution in [2.45, 2.75) is 32.8 Å². The molecular formula is C21H23N3O3. The molecule has 0 saturated carbocycles. The van der Waals surface area contributed by atoms with E-state index in [1.54, 1.807) is 18.2 Å². The van der Waals surface area contributed by atoms with Crippen LogP contribution in [0.15, 0.2) is 65.2 Å². The minimum absolute atomic E-state index is 0.143. The maximum absolute atomic E-state index is 12.1. The van der Waals surface area contributed by atoms with Crippen LogP contribution in [0, 0.1) is 0 Å². The highest BCUT2D eigenvalue weighted by Crippen LogP contribution is 2.24. The third kappa shape index (κ3) is 5.34. The number of nitrogens with zero attached hydrogens (tertiary/aromatic N) is 1. The van der Waals surface area contributed by atoms with E-state index in [0.29, 0.717) is 18.2 Å². The number of benzene rings is 2. The Morgan fingerprint density at radius 2 is 1.74 bits per heavy atom. The molecule has 6 heteroatoms. The van der Waals surface area contributed by atoms with Gasteiger partial charge in [0.1, 0.15) is 12.4 Å². The zero-order valence-electron chi connectivity index (χ0n) is 15.7. The number of urea groups is 1. The summed E-state index contributed by atoms with van der Waals surface area (Å²) in [6, 6.07) is 18.4. The lowest BCUT2D eigenvalue weighted by Gasteiger charge is -2.12. The number of anilines is 2. The van der Waals surface area contributed by atoms with E-state index in [1.807, 2.05) is 63.2 Å². The summed E-state index contributed by atoms with van der Waals surface area (Å²) >= 11 is 0. The normalized spacial score (nSPS) is 11.1. The Hall–Kier alpha value is -3.28. The van der Waals surface area contributed by atoms with Crippen molar-refractivity contribution in [2.75, 3.05) is 10.6 Å². The standard InChI is InChI=1S/C21H23N3O3/c1-21(2,3)18-13-19(27-24-18)23-20(25)22-16-9-11-17(12-10-16)26-14-15-7-5-4-6-8-15/h4-13H,14H2,1-3H3,(H2,22,23,25). The van der Waals surface area contributed by atoms with Crippen LogP contribution in [-0.2, 0) is 12.0 Å². The topological polar surface area (TPSA) is 76.4 Å². The molecule has 3 rings (SSSR count). The third-order valence-electron chi connectivity index (χ3n) is 3.88. The Labute approximate surface area is 158 Å². The minimum Gasteiger partial charge on any atom is -0.489 e. The number of hydrogen-bond acceptors (Lipinski definition) is 4. The second kappa shape index (κ2) is 7.95. The molecule has 0 radical (unpaired) electrons. The molecule has 0 fully saturated rings. The van der Waals surface area contributed by atoms with Crippen LogP contribution in [0.3, 0.4) is 0 Å². The highest BCUT2D eigenvalue weighted by atomic mass is 16.5. The van der Waals surface area contributed by atoms with E-state index < -0.39 is 6.03 Å². The summed E-state index contributed by atoms with van der Waals surface area (Å²) in [4.78, 5) is 12.1. The molecule has 2 N–H and O–H groups in total. The number of carbonyl (C=O) groups excluding carboxylic acids is 1. The smallest absolute Gasteiger partial charge is 0.326 e. The predicted octanol–water partition coefficient (Wildman–Crippen LogP) is 5.20. The molecule has 2 amide bonds. The van der Waals surface area contributed by atoms with Crippen LogP contribution in [0.4, 0.5) is 16.4 Å². The van der Waals surface area contributed by atoms with Crippen molar-refractivity contribution in [3.63, 3.8) is 0 Å². The maximum Gasteiger partial charge on any atom is 0.326 e. The second-order valence-corrected chi connectivity index (χ2v) is 7.20. The monoisotopic (exact) mass is 365 g/mol. The quantitative estimate of drug-likeness (QED) is 0.652. The van der Waals surface area contributed by atoms with Gasteiger partial charge in [-0.2, -0.15) is 0 Å². The van der Waals surface area contributed by atoms with Crippen molar-refractivity contribution >= 4 is 17.6 Å². The fraction of sp³-hybridized carbons (Fsp3) is 0.238. The number of amides is 2. The fourth-order valence-electron chi connectivity index (χ4n) is 2.34. The molecule has 140 valence electrons. The predicted molar refractivity (Wildman–Crippen MR) is 105 cm³/mol. The molecule has 0 aliphatic rings. The van der Waals surface area contributed by atoms with E-state index >= 15 is 0 Å². The van der Waals surface area contributed by atoms with Crippen molar-refractivity contribution in [3.05, 3.63) is 71.9 Å². The molecule has 0 bridgehead atoms. The highest BCUT2D eigenvalue weighted by molar-refractivity contribution is 5.98. The van der Waals surface area contributed by atoms with Gasteiger partial charge in [-0.3, -0.25) is 5.32 Å². The average molecular weight is 365 g/mol. The van der Waals surface area contributed by atoms with Crippen LogP contribution in [-0.4, -0.2) is 11.2 Å². The van der Waals surface area contributed by atoms with Gasteiger partial charge >= 0.3 is 6.03 Å². The average Bonchev–Trinajstić information content (AvgIpc) is 3.11. The Kier molecular flexibility index (Phi) is 5.45. The van der Waals surface area contributed by atoms with E-state index in [-0.39, 0.29) is 5.41 Å². The number of hydrogen-bond donors (Lipinski definition) is 2. The van der Waals surface area contributed by atoms with E-state index in [1.165, 1.54) is 0 Å². The van der Waals surface area contributed by atoms with Crippen molar-refractivity contribution < 1.29 is 14.1 Å². The number of ether oxygens (including phenoxy) is 1. The lowest BCUT2D eigenvalue weighted by molar-refractivity contribution is 0.261. The molecule has 2 aromatic carbocycles. The Balaban J connectivity index is 1.51. The van der Waals surface area contributed by atoms with E-state index in [0.717, 1.165) is 17.0 Å². The number of rotatable bonds is 5. The van der Waals surface area contributed by atoms with E-state index in [2.05, 4.69) is 15.8 Å². The van der Waals surface area contributed by atoms with Gasteiger partial charge in [-0.25, -0.2) is 4.79 Å². The van der Waals surface area contributed by atoms with Crippen molar-refractivity contribution in [2.24, 2.45) is 0 Å². The second-order valence-electron chi connectivity index (χ2n) is 7.20. The molecule has 0 saturated heterocycles. The molecule has 0 aliphatic carbocycles. The van der Waals surface area contributed by atoms with Crippen LogP contribution in [0.5, 0.6) is 5.75 Å². The first kappa shape index (κ1) is 18.5. The lowest BCUT2D eigenvalue weighted by Crippen LogP contribution is -2.19. The van der Waals surface area contributed by atoms with Gasteiger partial charge < -0.3 is 14.6 Å². The summed E-state index contributed by atoms with van der Waals surface area (Å²) in [5.41, 5.74) is 2.38. The summed E-state index contributed by atoms with van der Waals surface area (Å²) in [5, 5.41) is 9.35. The lowest BCUT2D eigenvalue weighted by atomic mass is 9.92. The Morgan fingerprint density at radius 3 is 2.37 bits per heavy atom. The zero-order chi connectivity index (χ0) is 19.3. The largest absolute Gasteiger partial charge is 0.489 e. The maximum atomic E-state index is 12.1. The first-order valence-electron chi connectivity index (χ1n) is 8.72. The summed E-state index contributed by atoms with van der Waals surface area (Å²) in [6.07, 6.45) is 0. The Bertz CT molecular complexity index is 881. The van der Waals surface area contributed by atoms with Crippen LogP contribution in [0.2, 0.25) is 0 Å². The molecular weight excluding hydrogens is 342 g/mol. The third-order valence-corrected chi connectivity index (χ3v) is 3.88. The summed E-state index contributed by atoms with van der Waals surface area (Å²) < 4.78 is 10.9. The van der Waals surface area contributed by atoms with Gasteiger partial charge in [-0.1, -0.05) is 56.3 Å². The van der Waals surface area contributed by atoms with Crippen molar-refractivity contribution in [1.82, 2.24) is 5.16 Å². The van der Waals surface area contributed by atoms with Gasteiger partial charge in [-0.05, 0) is 29.8 Å². The van der Waals surface area contributed by atoms with Crippen molar-refractivity contribution in [1.29, 1.82) is 0 Å². The van der Waals surface area contributed by atoms with E-state index in [9.17, 15) is 4.79 Å². The van der Waals surface area contributed by atoms with Gasteiger partial charge in [0.15, 0.2) is 0 Å². The molecule has 3 aromatic rings. The molecule has 0 atom stereocenters. The van der Waals surface area contributed by atoms with Gasteiger partial charge in [-0.15, -0.1) is 0 Å². The summed E-state index contributed by atoms with van der Waals surface area (Å²) in [5.74, 6) is 1.04. The van der Waals surface area contributed by atoms with Crippen LogP contribution >= 0.6 is 0 Å². The van der Waals surface area contributed by atoms with Crippen molar-refractivity contribution in [3.8, 4) is 5.75 Å². The molecule has 0 unspecified atom stereocenters. The first-order valence-corrected chi connectivity index (χ1v) is 8.72. The van der Waals surface area contributed by atoms with Crippen LogP contribution < -0.4 is 15.4 Å². The molecule has 6 nitrogen and oxygen atoms in total. The van der Waals surface area contributed by atoms with Gasteiger partial charge in [0.05, 0.1) is 5.69 Å². The van der Waals surface area contributed by atoms with Gasteiger partial charge in [0.25, 0.3) is 0 Å². The molecule has 0 aliphatic heterocycles. The Morgan fingerprint density at radius 1 is 1.04 bits per heavy atom. The number of carbonyl (C=O) groups is 1. The highest BCUT2D eigenvalue weighted by Gasteiger charge is 2.19. The molecule has 0 spiro atoms. The molecule has 27 heavy (non-hydrogen) atoms. The molecule has 1 heterocycles.